The lowest BCUT2D eigenvalue weighted by molar-refractivity contribution is -0.144. The Morgan fingerprint density at radius 2 is 2.38 bits per heavy atom. The van der Waals surface area contributed by atoms with Crippen molar-refractivity contribution in [1.29, 1.82) is 0 Å². The molecule has 1 aliphatic rings. The Hall–Kier alpha value is -1.78. The lowest BCUT2D eigenvalue weighted by atomic mass is 10.1. The van der Waals surface area contributed by atoms with Crippen molar-refractivity contribution in [2.24, 2.45) is 5.92 Å². The monoisotopic (exact) mass is 222 g/mol. The first kappa shape index (κ1) is 10.7. The fourth-order valence-electron chi connectivity index (χ4n) is 1.96. The summed E-state index contributed by atoms with van der Waals surface area (Å²) < 4.78 is 4.70. The second-order valence-electron chi connectivity index (χ2n) is 3.86. The number of hydrogen-bond donors (Lipinski definition) is 1. The van der Waals surface area contributed by atoms with Gasteiger partial charge in [-0.2, -0.15) is 0 Å². The van der Waals surface area contributed by atoms with Crippen molar-refractivity contribution in [1.82, 2.24) is 4.98 Å². The van der Waals surface area contributed by atoms with Crippen LogP contribution in [0.4, 0.5) is 5.82 Å². The van der Waals surface area contributed by atoms with Gasteiger partial charge in [-0.05, 0) is 12.5 Å². The molecule has 16 heavy (non-hydrogen) atoms. The molecule has 0 amide bonds. The van der Waals surface area contributed by atoms with Crippen LogP contribution in [0.3, 0.4) is 0 Å². The fraction of sp³-hybridized carbons (Fsp3) is 0.455. The molecular weight excluding hydrogens is 208 g/mol. The van der Waals surface area contributed by atoms with Crippen LogP contribution in [0.5, 0.6) is 0 Å². The van der Waals surface area contributed by atoms with Crippen molar-refractivity contribution >= 4 is 11.8 Å². The number of carbonyl (C=O) groups is 1. The van der Waals surface area contributed by atoms with Gasteiger partial charge < -0.3 is 14.6 Å². The second-order valence-corrected chi connectivity index (χ2v) is 3.86. The molecule has 0 aromatic carbocycles. The Kier molecular flexibility index (Phi) is 2.94. The van der Waals surface area contributed by atoms with Gasteiger partial charge in [-0.15, -0.1) is 0 Å². The van der Waals surface area contributed by atoms with E-state index in [4.69, 9.17) is 4.74 Å². The number of hydrogen-bond acceptors (Lipinski definition) is 4. The van der Waals surface area contributed by atoms with E-state index in [0.717, 1.165) is 18.8 Å². The molecule has 1 unspecified atom stereocenters. The van der Waals surface area contributed by atoms with Crippen LogP contribution < -0.4 is 10.5 Å². The van der Waals surface area contributed by atoms with Gasteiger partial charge in [-0.1, -0.05) is 6.07 Å². The van der Waals surface area contributed by atoms with E-state index in [1.54, 1.807) is 6.07 Å². The highest BCUT2D eigenvalue weighted by molar-refractivity contribution is 5.74. The zero-order chi connectivity index (χ0) is 11.5. The molecule has 0 radical (unpaired) electrons. The maximum atomic E-state index is 11.3. The Bertz CT molecular complexity index is 441. The molecule has 1 fully saturated rings. The third kappa shape index (κ3) is 2.08. The molecular formula is C11H14N2O3. The number of H-pyrrole nitrogens is 1. The summed E-state index contributed by atoms with van der Waals surface area (Å²) in [5.74, 6) is 0.494. The van der Waals surface area contributed by atoms with Gasteiger partial charge in [0.1, 0.15) is 5.82 Å². The molecule has 5 nitrogen and oxygen atoms in total. The minimum atomic E-state index is -0.180. The zero-order valence-electron chi connectivity index (χ0n) is 9.10. The van der Waals surface area contributed by atoms with E-state index >= 15 is 0 Å². The van der Waals surface area contributed by atoms with Crippen LogP contribution in [0.25, 0.3) is 0 Å². The third-order valence-corrected chi connectivity index (χ3v) is 2.82. The Labute approximate surface area is 93.0 Å². The third-order valence-electron chi connectivity index (χ3n) is 2.82. The van der Waals surface area contributed by atoms with Gasteiger partial charge in [0.2, 0.25) is 5.56 Å². The lowest BCUT2D eigenvalue weighted by Crippen LogP contribution is -2.25. The summed E-state index contributed by atoms with van der Waals surface area (Å²) in [6, 6.07) is 5.01. The second kappa shape index (κ2) is 4.38. The van der Waals surface area contributed by atoms with Crippen LogP contribution in [0.1, 0.15) is 6.42 Å². The van der Waals surface area contributed by atoms with Crippen LogP contribution in [-0.4, -0.2) is 31.2 Å². The number of nitrogens with zero attached hydrogens (tertiary/aromatic N) is 1. The highest BCUT2D eigenvalue weighted by atomic mass is 16.5. The van der Waals surface area contributed by atoms with Gasteiger partial charge in [-0.3, -0.25) is 9.59 Å². The van der Waals surface area contributed by atoms with E-state index in [0.29, 0.717) is 6.54 Å². The van der Waals surface area contributed by atoms with Crippen molar-refractivity contribution in [3.05, 3.63) is 28.6 Å². The van der Waals surface area contributed by atoms with Crippen molar-refractivity contribution in [3.63, 3.8) is 0 Å². The largest absolute Gasteiger partial charge is 0.469 e. The SMILES string of the molecule is COC(=O)C1CCN(c2cccc(=O)[nH]2)C1. The smallest absolute Gasteiger partial charge is 0.310 e. The first-order valence-corrected chi connectivity index (χ1v) is 5.23. The number of carbonyl (C=O) groups excluding carboxylic acids is 1. The average molecular weight is 222 g/mol. The summed E-state index contributed by atoms with van der Waals surface area (Å²) in [6.45, 7) is 1.37. The first-order chi connectivity index (χ1) is 7.70. The van der Waals surface area contributed by atoms with E-state index in [-0.39, 0.29) is 17.4 Å². The van der Waals surface area contributed by atoms with Gasteiger partial charge >= 0.3 is 5.97 Å². The number of anilines is 1. The highest BCUT2D eigenvalue weighted by Crippen LogP contribution is 2.21. The molecule has 1 aromatic rings. The van der Waals surface area contributed by atoms with Crippen LogP contribution in [0.15, 0.2) is 23.0 Å². The molecule has 5 heteroatoms. The number of ether oxygens (including phenoxy) is 1. The van der Waals surface area contributed by atoms with E-state index in [1.165, 1.54) is 13.2 Å². The maximum Gasteiger partial charge on any atom is 0.310 e. The molecule has 1 aliphatic heterocycles. The van der Waals surface area contributed by atoms with Crippen LogP contribution in [0.2, 0.25) is 0 Å². The lowest BCUT2D eigenvalue weighted by Gasteiger charge is -2.17. The summed E-state index contributed by atoms with van der Waals surface area (Å²) in [5.41, 5.74) is -0.126. The van der Waals surface area contributed by atoms with E-state index < -0.39 is 0 Å². The van der Waals surface area contributed by atoms with Crippen molar-refractivity contribution in [2.45, 2.75) is 6.42 Å². The van der Waals surface area contributed by atoms with Crippen LogP contribution in [0, 0.1) is 5.92 Å². The normalized spacial score (nSPS) is 19.8. The zero-order valence-corrected chi connectivity index (χ0v) is 9.10. The number of rotatable bonds is 2. The van der Waals surface area contributed by atoms with Crippen molar-refractivity contribution in [3.8, 4) is 0 Å². The first-order valence-electron chi connectivity index (χ1n) is 5.23. The highest BCUT2D eigenvalue weighted by Gasteiger charge is 2.29. The Morgan fingerprint density at radius 3 is 3.06 bits per heavy atom. The molecule has 2 heterocycles. The molecule has 0 bridgehead atoms. The summed E-state index contributed by atoms with van der Waals surface area (Å²) in [7, 11) is 1.40. The van der Waals surface area contributed by atoms with E-state index in [2.05, 4.69) is 4.98 Å². The molecule has 2 rings (SSSR count). The number of aromatic amines is 1. The molecule has 86 valence electrons. The summed E-state index contributed by atoms with van der Waals surface area (Å²) >= 11 is 0. The molecule has 1 N–H and O–H groups in total. The van der Waals surface area contributed by atoms with Crippen molar-refractivity contribution in [2.75, 3.05) is 25.1 Å². The topological polar surface area (TPSA) is 62.4 Å². The van der Waals surface area contributed by atoms with Gasteiger partial charge in [0, 0.05) is 19.2 Å². The van der Waals surface area contributed by atoms with Crippen LogP contribution >= 0.6 is 0 Å². The number of aromatic nitrogens is 1. The Balaban J connectivity index is 2.09. The van der Waals surface area contributed by atoms with Gasteiger partial charge in [0.25, 0.3) is 0 Å². The van der Waals surface area contributed by atoms with E-state index in [1.807, 2.05) is 11.0 Å². The van der Waals surface area contributed by atoms with Gasteiger partial charge in [0.15, 0.2) is 0 Å². The summed E-state index contributed by atoms with van der Waals surface area (Å²) in [5, 5.41) is 0. The predicted octanol–water partition coefficient (Wildman–Crippen LogP) is 0.374. The molecule has 0 aliphatic carbocycles. The van der Waals surface area contributed by atoms with E-state index in [9.17, 15) is 9.59 Å². The van der Waals surface area contributed by atoms with Crippen LogP contribution in [-0.2, 0) is 9.53 Å². The average Bonchev–Trinajstić information content (AvgIpc) is 2.77. The minimum absolute atomic E-state index is 0.0892. The van der Waals surface area contributed by atoms with Crippen molar-refractivity contribution < 1.29 is 9.53 Å². The number of nitrogens with one attached hydrogen (secondary N) is 1. The minimum Gasteiger partial charge on any atom is -0.469 e. The van der Waals surface area contributed by atoms with Gasteiger partial charge in [0.05, 0.1) is 13.0 Å². The molecule has 0 saturated carbocycles. The summed E-state index contributed by atoms with van der Waals surface area (Å²) in [4.78, 5) is 27.2. The maximum absolute atomic E-state index is 11.3. The standard InChI is InChI=1S/C11H14N2O3/c1-16-11(15)8-5-6-13(7-8)9-3-2-4-10(14)12-9/h2-4,8H,5-7H2,1H3,(H,12,14). The van der Waals surface area contributed by atoms with Gasteiger partial charge in [-0.25, -0.2) is 0 Å². The number of pyridine rings is 1. The Morgan fingerprint density at radius 1 is 1.56 bits per heavy atom. The molecule has 1 saturated heterocycles. The number of methoxy groups -OCH3 is 1. The quantitative estimate of drug-likeness (QED) is 0.734. The molecule has 0 spiro atoms. The summed E-state index contributed by atoms with van der Waals surface area (Å²) in [6.07, 6.45) is 0.767. The molecule has 1 atom stereocenters. The molecule has 1 aromatic heterocycles. The predicted molar refractivity (Wildman–Crippen MR) is 59.4 cm³/mol. The number of esters is 1. The fourth-order valence-corrected chi connectivity index (χ4v) is 1.96.